The SMILES string of the molecule is C[C@H](c1nnc(SCCOc2ccc(Cl)cc2)n1-c1ccc(Cl)cc1)N(C)C. The molecule has 0 saturated carbocycles. The van der Waals surface area contributed by atoms with E-state index >= 15 is 0 Å². The maximum atomic E-state index is 6.06. The molecule has 5 nitrogen and oxygen atoms in total. The fraction of sp³-hybridized carbons (Fsp3) is 0.300. The molecule has 148 valence electrons. The van der Waals surface area contributed by atoms with Crippen LogP contribution in [-0.4, -0.2) is 46.1 Å². The number of thioether (sulfide) groups is 1. The molecule has 0 radical (unpaired) electrons. The van der Waals surface area contributed by atoms with Gasteiger partial charge in [-0.3, -0.25) is 9.47 Å². The van der Waals surface area contributed by atoms with Crippen LogP contribution in [0.4, 0.5) is 0 Å². The molecule has 0 amide bonds. The monoisotopic (exact) mass is 436 g/mol. The maximum Gasteiger partial charge on any atom is 0.196 e. The number of aromatic nitrogens is 3. The van der Waals surface area contributed by atoms with Gasteiger partial charge >= 0.3 is 0 Å². The smallest absolute Gasteiger partial charge is 0.196 e. The van der Waals surface area contributed by atoms with Gasteiger partial charge in [0.2, 0.25) is 0 Å². The second kappa shape index (κ2) is 9.65. The minimum absolute atomic E-state index is 0.114. The van der Waals surface area contributed by atoms with Crippen LogP contribution in [0.5, 0.6) is 5.75 Å². The summed E-state index contributed by atoms with van der Waals surface area (Å²) >= 11 is 13.6. The molecule has 8 heteroatoms. The second-order valence-corrected chi connectivity index (χ2v) is 8.38. The molecule has 0 aliphatic carbocycles. The topological polar surface area (TPSA) is 43.2 Å². The van der Waals surface area contributed by atoms with Crippen LogP contribution < -0.4 is 4.74 Å². The molecule has 0 bridgehead atoms. The van der Waals surface area contributed by atoms with Crippen LogP contribution >= 0.6 is 35.0 Å². The van der Waals surface area contributed by atoms with E-state index in [0.29, 0.717) is 16.7 Å². The molecule has 1 aromatic heterocycles. The molecule has 0 fully saturated rings. The number of benzene rings is 2. The summed E-state index contributed by atoms with van der Waals surface area (Å²) in [4.78, 5) is 2.11. The van der Waals surface area contributed by atoms with Gasteiger partial charge in [-0.25, -0.2) is 0 Å². The summed E-state index contributed by atoms with van der Waals surface area (Å²) in [5.41, 5.74) is 0.985. The van der Waals surface area contributed by atoms with Gasteiger partial charge in [-0.2, -0.15) is 0 Å². The van der Waals surface area contributed by atoms with Gasteiger partial charge in [0.05, 0.1) is 12.6 Å². The highest BCUT2D eigenvalue weighted by Gasteiger charge is 2.20. The van der Waals surface area contributed by atoms with Crippen LogP contribution in [0.15, 0.2) is 53.7 Å². The van der Waals surface area contributed by atoms with Gasteiger partial charge in [0.25, 0.3) is 0 Å². The van der Waals surface area contributed by atoms with Crippen LogP contribution in [0.3, 0.4) is 0 Å². The van der Waals surface area contributed by atoms with E-state index < -0.39 is 0 Å². The minimum Gasteiger partial charge on any atom is -0.493 e. The lowest BCUT2D eigenvalue weighted by molar-refractivity contribution is 0.305. The molecular formula is C20H22Cl2N4OS. The highest BCUT2D eigenvalue weighted by Crippen LogP contribution is 2.27. The maximum absolute atomic E-state index is 6.06. The van der Waals surface area contributed by atoms with E-state index in [1.807, 2.05) is 62.6 Å². The molecule has 3 aromatic rings. The lowest BCUT2D eigenvalue weighted by Gasteiger charge is -2.20. The van der Waals surface area contributed by atoms with Crippen molar-refractivity contribution < 1.29 is 4.74 Å². The van der Waals surface area contributed by atoms with Gasteiger partial charge in [0.15, 0.2) is 11.0 Å². The Morgan fingerprint density at radius 2 is 1.61 bits per heavy atom. The normalized spacial score (nSPS) is 12.4. The Hall–Kier alpha value is -1.73. The van der Waals surface area contributed by atoms with Crippen molar-refractivity contribution >= 4 is 35.0 Å². The molecule has 0 spiro atoms. The molecule has 0 aliphatic rings. The number of halogens is 2. The highest BCUT2D eigenvalue weighted by atomic mass is 35.5. The van der Waals surface area contributed by atoms with Gasteiger partial charge < -0.3 is 4.74 Å². The van der Waals surface area contributed by atoms with E-state index in [1.54, 1.807) is 11.8 Å². The standard InChI is InChI=1S/C20H22Cl2N4OS/c1-14(25(2)3)19-23-24-20(26(19)17-8-4-15(21)5-9-17)28-13-12-27-18-10-6-16(22)7-11-18/h4-11,14H,12-13H2,1-3H3/t14-/m1/s1. The van der Waals surface area contributed by atoms with Crippen LogP contribution in [0.1, 0.15) is 18.8 Å². The molecule has 0 N–H and O–H groups in total. The predicted molar refractivity (Wildman–Crippen MR) is 116 cm³/mol. The number of hydrogen-bond acceptors (Lipinski definition) is 5. The Labute approximate surface area is 179 Å². The number of ether oxygens (including phenoxy) is 1. The Morgan fingerprint density at radius 1 is 1.00 bits per heavy atom. The Morgan fingerprint density at radius 3 is 2.21 bits per heavy atom. The molecule has 1 heterocycles. The van der Waals surface area contributed by atoms with Gasteiger partial charge in [-0.05, 0) is 69.6 Å². The van der Waals surface area contributed by atoms with Crippen molar-refractivity contribution in [3.8, 4) is 11.4 Å². The first-order valence-corrected chi connectivity index (χ1v) is 10.6. The average Bonchev–Trinajstić information content (AvgIpc) is 3.10. The number of hydrogen-bond donors (Lipinski definition) is 0. The third-order valence-electron chi connectivity index (χ3n) is 4.29. The summed E-state index contributed by atoms with van der Waals surface area (Å²) in [7, 11) is 4.05. The van der Waals surface area contributed by atoms with E-state index in [2.05, 4.69) is 26.6 Å². The van der Waals surface area contributed by atoms with E-state index in [9.17, 15) is 0 Å². The Bertz CT molecular complexity index is 898. The first-order chi connectivity index (χ1) is 13.5. The van der Waals surface area contributed by atoms with Gasteiger partial charge in [-0.1, -0.05) is 35.0 Å². The first-order valence-electron chi connectivity index (χ1n) is 8.84. The van der Waals surface area contributed by atoms with Crippen molar-refractivity contribution in [2.45, 2.75) is 18.1 Å². The summed E-state index contributed by atoms with van der Waals surface area (Å²) in [5.74, 6) is 2.42. The van der Waals surface area contributed by atoms with Crippen molar-refractivity contribution in [2.75, 3.05) is 26.5 Å². The predicted octanol–water partition coefficient (Wildman–Crippen LogP) is 5.37. The van der Waals surface area contributed by atoms with E-state index in [4.69, 9.17) is 27.9 Å². The highest BCUT2D eigenvalue weighted by molar-refractivity contribution is 7.99. The van der Waals surface area contributed by atoms with E-state index in [-0.39, 0.29) is 6.04 Å². The number of nitrogens with zero attached hydrogens (tertiary/aromatic N) is 4. The van der Waals surface area contributed by atoms with Crippen LogP contribution in [-0.2, 0) is 0 Å². The first kappa shape index (κ1) is 21.0. The van der Waals surface area contributed by atoms with Gasteiger partial charge in [0, 0.05) is 21.5 Å². The van der Waals surface area contributed by atoms with Gasteiger partial charge in [-0.15, -0.1) is 10.2 Å². The zero-order valence-corrected chi connectivity index (χ0v) is 18.3. The fourth-order valence-corrected chi connectivity index (χ4v) is 3.56. The molecular weight excluding hydrogens is 415 g/mol. The second-order valence-electron chi connectivity index (χ2n) is 6.44. The van der Waals surface area contributed by atoms with Crippen molar-refractivity contribution in [3.63, 3.8) is 0 Å². The average molecular weight is 437 g/mol. The van der Waals surface area contributed by atoms with E-state index in [1.165, 1.54) is 0 Å². The lowest BCUT2D eigenvalue weighted by Crippen LogP contribution is -2.20. The van der Waals surface area contributed by atoms with Crippen molar-refractivity contribution in [1.82, 2.24) is 19.7 Å². The zero-order chi connectivity index (χ0) is 20.1. The van der Waals surface area contributed by atoms with Crippen LogP contribution in [0.25, 0.3) is 5.69 Å². The number of rotatable bonds is 8. The minimum atomic E-state index is 0.114. The summed E-state index contributed by atoms with van der Waals surface area (Å²) < 4.78 is 7.85. The Balaban J connectivity index is 1.74. The quantitative estimate of drug-likeness (QED) is 0.350. The Kier molecular flexibility index (Phi) is 7.24. The largest absolute Gasteiger partial charge is 0.493 e. The third kappa shape index (κ3) is 5.20. The summed E-state index contributed by atoms with van der Waals surface area (Å²) in [5, 5.41) is 11.1. The van der Waals surface area contributed by atoms with Crippen LogP contribution in [0.2, 0.25) is 10.0 Å². The van der Waals surface area contributed by atoms with E-state index in [0.717, 1.165) is 28.2 Å². The molecule has 0 unspecified atom stereocenters. The van der Waals surface area contributed by atoms with Crippen molar-refractivity contribution in [3.05, 3.63) is 64.4 Å². The molecule has 1 atom stereocenters. The zero-order valence-electron chi connectivity index (χ0n) is 16.0. The van der Waals surface area contributed by atoms with Crippen molar-refractivity contribution in [1.29, 1.82) is 0 Å². The van der Waals surface area contributed by atoms with Crippen molar-refractivity contribution in [2.24, 2.45) is 0 Å². The molecule has 28 heavy (non-hydrogen) atoms. The lowest BCUT2D eigenvalue weighted by atomic mass is 10.2. The summed E-state index contributed by atoms with van der Waals surface area (Å²) in [6, 6.07) is 15.2. The molecule has 2 aromatic carbocycles. The third-order valence-corrected chi connectivity index (χ3v) is 5.69. The van der Waals surface area contributed by atoms with Crippen LogP contribution in [0, 0.1) is 0 Å². The molecule has 0 saturated heterocycles. The van der Waals surface area contributed by atoms with Gasteiger partial charge in [0.1, 0.15) is 5.75 Å². The summed E-state index contributed by atoms with van der Waals surface area (Å²) in [6.45, 7) is 2.66. The molecule has 3 rings (SSSR count). The molecule has 0 aliphatic heterocycles. The fourth-order valence-electron chi connectivity index (χ4n) is 2.53. The summed E-state index contributed by atoms with van der Waals surface area (Å²) in [6.07, 6.45) is 0.